The molecule has 8 rings (SSSR count). The lowest BCUT2D eigenvalue weighted by molar-refractivity contribution is 1.23. The predicted molar refractivity (Wildman–Crippen MR) is 162 cm³/mol. The van der Waals surface area contributed by atoms with E-state index in [4.69, 9.17) is 15.0 Å². The molecule has 0 saturated heterocycles. The molecule has 0 N–H and O–H groups in total. The molecule has 0 radical (unpaired) electrons. The second kappa shape index (κ2) is 9.03. The molecule has 0 aliphatic carbocycles. The van der Waals surface area contributed by atoms with Crippen LogP contribution in [0, 0.1) is 0 Å². The summed E-state index contributed by atoms with van der Waals surface area (Å²) in [7, 11) is 0. The van der Waals surface area contributed by atoms with Gasteiger partial charge in [-0.1, -0.05) is 84.9 Å². The minimum Gasteiger partial charge on any atom is -0.255 e. The highest BCUT2D eigenvalue weighted by molar-refractivity contribution is 6.04. The Balaban J connectivity index is 1.39. The van der Waals surface area contributed by atoms with Crippen LogP contribution >= 0.6 is 0 Å². The summed E-state index contributed by atoms with van der Waals surface area (Å²) in [6.07, 6.45) is 3.63. The summed E-state index contributed by atoms with van der Waals surface area (Å²) < 4.78 is 0. The minimum absolute atomic E-state index is 0.648. The average Bonchev–Trinajstić information content (AvgIpc) is 3.03. The summed E-state index contributed by atoms with van der Waals surface area (Å²) in [5.41, 5.74) is 8.20. The van der Waals surface area contributed by atoms with Crippen molar-refractivity contribution in [1.82, 2.24) is 24.9 Å². The number of rotatable bonds is 3. The third-order valence-electron chi connectivity index (χ3n) is 7.37. The van der Waals surface area contributed by atoms with Gasteiger partial charge in [0.1, 0.15) is 0 Å². The molecular weight excluding hydrogens is 490 g/mol. The van der Waals surface area contributed by atoms with E-state index >= 15 is 0 Å². The monoisotopic (exact) mass is 511 g/mol. The van der Waals surface area contributed by atoms with Gasteiger partial charge in [0, 0.05) is 50.6 Å². The van der Waals surface area contributed by atoms with E-state index in [-0.39, 0.29) is 0 Å². The van der Waals surface area contributed by atoms with Crippen LogP contribution in [-0.4, -0.2) is 24.9 Å². The first-order valence-corrected chi connectivity index (χ1v) is 13.2. The van der Waals surface area contributed by atoms with E-state index in [9.17, 15) is 0 Å². The Morgan fingerprint density at radius 1 is 0.400 bits per heavy atom. The number of nitrogens with zero attached hydrogens (tertiary/aromatic N) is 5. The van der Waals surface area contributed by atoms with E-state index in [0.717, 1.165) is 71.7 Å². The van der Waals surface area contributed by atoms with Gasteiger partial charge < -0.3 is 0 Å². The zero-order valence-corrected chi connectivity index (χ0v) is 21.4. The zero-order chi connectivity index (χ0) is 26.5. The summed E-state index contributed by atoms with van der Waals surface area (Å²) in [5.74, 6) is 0.648. The van der Waals surface area contributed by atoms with E-state index < -0.39 is 0 Å². The topological polar surface area (TPSA) is 64.5 Å². The van der Waals surface area contributed by atoms with Crippen LogP contribution < -0.4 is 0 Å². The molecule has 0 amide bonds. The van der Waals surface area contributed by atoms with Crippen molar-refractivity contribution in [1.29, 1.82) is 0 Å². The summed E-state index contributed by atoms with van der Waals surface area (Å²) in [6.45, 7) is 0. The van der Waals surface area contributed by atoms with Gasteiger partial charge in [-0.05, 0) is 30.3 Å². The van der Waals surface area contributed by atoms with Crippen molar-refractivity contribution >= 4 is 43.6 Å². The molecule has 0 aliphatic rings. The van der Waals surface area contributed by atoms with Gasteiger partial charge in [0.2, 0.25) is 0 Å². The molecule has 0 fully saturated rings. The first kappa shape index (κ1) is 22.4. The Morgan fingerprint density at radius 3 is 1.93 bits per heavy atom. The van der Waals surface area contributed by atoms with Crippen LogP contribution in [0.4, 0.5) is 0 Å². The smallest absolute Gasteiger partial charge is 0.162 e. The Bertz CT molecular complexity index is 2230. The molecule has 0 atom stereocenters. The summed E-state index contributed by atoms with van der Waals surface area (Å²) in [4.78, 5) is 24.6. The number of aromatic nitrogens is 5. The van der Waals surface area contributed by atoms with Crippen LogP contribution in [0.2, 0.25) is 0 Å². The normalized spacial score (nSPS) is 11.5. The molecule has 0 unspecified atom stereocenters. The zero-order valence-electron chi connectivity index (χ0n) is 21.4. The van der Waals surface area contributed by atoms with Gasteiger partial charge in [-0.2, -0.15) is 0 Å². The van der Waals surface area contributed by atoms with Gasteiger partial charge >= 0.3 is 0 Å². The largest absolute Gasteiger partial charge is 0.255 e. The van der Waals surface area contributed by atoms with Gasteiger partial charge in [0.05, 0.1) is 33.5 Å². The van der Waals surface area contributed by atoms with Crippen molar-refractivity contribution in [3.05, 3.63) is 128 Å². The number of fused-ring (bicyclic) bond motifs is 5. The third kappa shape index (κ3) is 3.60. The summed E-state index contributed by atoms with van der Waals surface area (Å²) in [5, 5.41) is 4.17. The maximum atomic E-state index is 5.20. The molecule has 186 valence electrons. The number of hydrogen-bond donors (Lipinski definition) is 0. The van der Waals surface area contributed by atoms with Crippen LogP contribution in [-0.2, 0) is 0 Å². The molecule has 4 aromatic carbocycles. The van der Waals surface area contributed by atoms with Crippen LogP contribution in [0.15, 0.2) is 128 Å². The first-order chi connectivity index (χ1) is 19.8. The lowest BCUT2D eigenvalue weighted by Gasteiger charge is -2.14. The maximum absolute atomic E-state index is 5.20. The second-order valence-corrected chi connectivity index (χ2v) is 9.75. The standard InChI is InChI=1S/C35H21N5/c1-2-12-26(25(11-1)30-19-18-24-17-16-23-10-7-21-37-32(23)33(24)38-30)34-27-13-3-4-15-29(27)39-35(40-34)28-14-5-8-22-9-6-20-36-31(22)28/h1-21H. The van der Waals surface area contributed by atoms with Crippen LogP contribution in [0.3, 0.4) is 0 Å². The first-order valence-electron chi connectivity index (χ1n) is 13.2. The SMILES string of the molecule is c1ccc(-c2nc(-c3cccc4cccnc34)nc3ccccc23)c(-c2ccc3ccc4cccnc4c3n2)c1. The van der Waals surface area contributed by atoms with E-state index in [1.807, 2.05) is 67.0 Å². The minimum atomic E-state index is 0.648. The molecule has 0 aliphatic heterocycles. The fourth-order valence-electron chi connectivity index (χ4n) is 5.47. The average molecular weight is 512 g/mol. The highest BCUT2D eigenvalue weighted by Gasteiger charge is 2.17. The van der Waals surface area contributed by atoms with Crippen LogP contribution in [0.1, 0.15) is 0 Å². The fraction of sp³-hybridized carbons (Fsp3) is 0. The number of pyridine rings is 3. The van der Waals surface area contributed by atoms with Crippen LogP contribution in [0.5, 0.6) is 0 Å². The third-order valence-corrected chi connectivity index (χ3v) is 7.37. The Morgan fingerprint density at radius 2 is 1.05 bits per heavy atom. The van der Waals surface area contributed by atoms with Crippen molar-refractivity contribution in [2.75, 3.05) is 0 Å². The fourth-order valence-corrected chi connectivity index (χ4v) is 5.47. The van der Waals surface area contributed by atoms with E-state index in [2.05, 4.69) is 70.6 Å². The maximum Gasteiger partial charge on any atom is 0.162 e. The Kier molecular flexibility index (Phi) is 5.07. The van der Waals surface area contributed by atoms with Crippen molar-refractivity contribution in [3.63, 3.8) is 0 Å². The number of para-hydroxylation sites is 2. The van der Waals surface area contributed by atoms with Crippen LogP contribution in [0.25, 0.3) is 77.5 Å². The summed E-state index contributed by atoms with van der Waals surface area (Å²) >= 11 is 0. The number of benzene rings is 4. The molecule has 5 heteroatoms. The second-order valence-electron chi connectivity index (χ2n) is 9.75. The van der Waals surface area contributed by atoms with Crippen molar-refractivity contribution in [3.8, 4) is 33.9 Å². The van der Waals surface area contributed by atoms with Crippen molar-refractivity contribution in [2.45, 2.75) is 0 Å². The van der Waals surface area contributed by atoms with Gasteiger partial charge in [-0.25, -0.2) is 15.0 Å². The molecule has 0 saturated carbocycles. The van der Waals surface area contributed by atoms with Gasteiger partial charge in [-0.3, -0.25) is 9.97 Å². The highest BCUT2D eigenvalue weighted by Crippen LogP contribution is 2.37. The number of hydrogen-bond acceptors (Lipinski definition) is 5. The lowest BCUT2D eigenvalue weighted by atomic mass is 9.97. The quantitative estimate of drug-likeness (QED) is 0.223. The van der Waals surface area contributed by atoms with Gasteiger partial charge in [0.25, 0.3) is 0 Å². The molecule has 4 heterocycles. The molecule has 0 spiro atoms. The van der Waals surface area contributed by atoms with Crippen molar-refractivity contribution < 1.29 is 0 Å². The van der Waals surface area contributed by atoms with Crippen molar-refractivity contribution in [2.24, 2.45) is 0 Å². The highest BCUT2D eigenvalue weighted by atomic mass is 14.9. The molecule has 8 aromatic rings. The van der Waals surface area contributed by atoms with E-state index in [1.165, 1.54) is 0 Å². The predicted octanol–water partition coefficient (Wildman–Crippen LogP) is 8.28. The molecule has 0 bridgehead atoms. The Hall–Kier alpha value is -5.55. The van der Waals surface area contributed by atoms with E-state index in [0.29, 0.717) is 5.82 Å². The lowest BCUT2D eigenvalue weighted by Crippen LogP contribution is -1.98. The van der Waals surface area contributed by atoms with Gasteiger partial charge in [0.15, 0.2) is 5.82 Å². The molecule has 40 heavy (non-hydrogen) atoms. The van der Waals surface area contributed by atoms with E-state index in [1.54, 1.807) is 0 Å². The molecule has 4 aromatic heterocycles. The summed E-state index contributed by atoms with van der Waals surface area (Å²) in [6, 6.07) is 39.0. The molecular formula is C35H21N5. The Labute approximate surface area is 229 Å². The van der Waals surface area contributed by atoms with Gasteiger partial charge in [-0.15, -0.1) is 0 Å². The molecule has 5 nitrogen and oxygen atoms in total.